The lowest BCUT2D eigenvalue weighted by molar-refractivity contribution is -0.147. The molecular weight excluding hydrogens is 242 g/mol. The van der Waals surface area contributed by atoms with Gasteiger partial charge in [0.05, 0.1) is 5.41 Å². The Morgan fingerprint density at radius 3 is 2.82 bits per heavy atom. The highest BCUT2D eigenvalue weighted by Crippen LogP contribution is 2.31. The number of aliphatic carboxylic acids is 1. The summed E-state index contributed by atoms with van der Waals surface area (Å²) >= 11 is 1.20. The molecule has 17 heavy (non-hydrogen) atoms. The van der Waals surface area contributed by atoms with E-state index in [1.54, 1.807) is 12.3 Å². The number of carbonyl (C=O) groups excluding carboxylic acids is 1. The number of anilines is 1. The summed E-state index contributed by atoms with van der Waals surface area (Å²) in [6, 6.07) is 0. The minimum atomic E-state index is -0.870. The number of carbonyl (C=O) groups is 2. The normalized spacial score (nSPS) is 23.9. The van der Waals surface area contributed by atoms with Gasteiger partial charge in [0, 0.05) is 18.5 Å². The summed E-state index contributed by atoms with van der Waals surface area (Å²) < 4.78 is 0. The summed E-state index contributed by atoms with van der Waals surface area (Å²) in [5.74, 6) is -1.12. The Morgan fingerprint density at radius 2 is 2.35 bits per heavy atom. The van der Waals surface area contributed by atoms with Gasteiger partial charge in [-0.05, 0) is 13.3 Å². The van der Waals surface area contributed by atoms with Crippen LogP contribution in [0.25, 0.3) is 0 Å². The molecule has 0 aliphatic carbocycles. The fourth-order valence-electron chi connectivity index (χ4n) is 1.86. The molecule has 1 aromatic rings. The molecule has 92 valence electrons. The van der Waals surface area contributed by atoms with E-state index >= 15 is 0 Å². The molecule has 0 aromatic carbocycles. The van der Waals surface area contributed by atoms with Crippen molar-refractivity contribution in [1.29, 1.82) is 0 Å². The summed E-state index contributed by atoms with van der Waals surface area (Å²) in [5.41, 5.74) is 4.90. The van der Waals surface area contributed by atoms with E-state index in [1.165, 1.54) is 16.2 Å². The Labute approximate surface area is 102 Å². The van der Waals surface area contributed by atoms with Crippen molar-refractivity contribution in [1.82, 2.24) is 9.88 Å². The van der Waals surface area contributed by atoms with Crippen LogP contribution in [-0.2, 0) is 4.79 Å². The molecule has 6 nitrogen and oxygen atoms in total. The summed E-state index contributed by atoms with van der Waals surface area (Å²) in [4.78, 5) is 28.5. The maximum atomic E-state index is 12.0. The first-order valence-electron chi connectivity index (χ1n) is 5.16. The Bertz CT molecular complexity index is 473. The van der Waals surface area contributed by atoms with Crippen molar-refractivity contribution in [3.63, 3.8) is 0 Å². The van der Waals surface area contributed by atoms with Crippen LogP contribution in [0.1, 0.15) is 23.8 Å². The minimum absolute atomic E-state index is 0.221. The number of nitrogens with two attached hydrogens (primary N) is 1. The Morgan fingerprint density at radius 1 is 1.65 bits per heavy atom. The number of carboxylic acids is 1. The molecule has 1 aliphatic heterocycles. The van der Waals surface area contributed by atoms with Gasteiger partial charge in [-0.15, -0.1) is 11.3 Å². The number of nitrogen functional groups attached to an aromatic ring is 1. The van der Waals surface area contributed by atoms with Crippen molar-refractivity contribution in [2.75, 3.05) is 18.8 Å². The van der Waals surface area contributed by atoms with Crippen LogP contribution in [0.5, 0.6) is 0 Å². The first-order chi connectivity index (χ1) is 7.92. The highest BCUT2D eigenvalue weighted by atomic mass is 32.1. The van der Waals surface area contributed by atoms with Crippen LogP contribution in [0.4, 0.5) is 5.13 Å². The van der Waals surface area contributed by atoms with Crippen LogP contribution in [0.3, 0.4) is 0 Å². The average molecular weight is 255 g/mol. The van der Waals surface area contributed by atoms with Crippen molar-refractivity contribution >= 4 is 28.3 Å². The predicted octanol–water partition coefficient (Wildman–Crippen LogP) is 0.662. The number of thiazole rings is 1. The van der Waals surface area contributed by atoms with E-state index in [0.29, 0.717) is 23.8 Å². The van der Waals surface area contributed by atoms with Gasteiger partial charge < -0.3 is 15.7 Å². The lowest BCUT2D eigenvalue weighted by Crippen LogP contribution is -2.35. The van der Waals surface area contributed by atoms with E-state index in [9.17, 15) is 9.59 Å². The van der Waals surface area contributed by atoms with Gasteiger partial charge in [-0.25, -0.2) is 4.98 Å². The number of nitrogens with zero attached hydrogens (tertiary/aromatic N) is 2. The monoisotopic (exact) mass is 255 g/mol. The van der Waals surface area contributed by atoms with E-state index in [-0.39, 0.29) is 12.5 Å². The van der Waals surface area contributed by atoms with Gasteiger partial charge in [0.25, 0.3) is 5.91 Å². The van der Waals surface area contributed by atoms with Gasteiger partial charge in [0.1, 0.15) is 5.69 Å². The molecule has 0 bridgehead atoms. The molecule has 0 saturated carbocycles. The average Bonchev–Trinajstić information content (AvgIpc) is 2.85. The topological polar surface area (TPSA) is 96.5 Å². The first-order valence-corrected chi connectivity index (χ1v) is 6.04. The maximum absolute atomic E-state index is 12.0. The van der Waals surface area contributed by atoms with Crippen molar-refractivity contribution in [3.05, 3.63) is 11.1 Å². The second-order valence-corrected chi connectivity index (χ2v) is 5.30. The summed E-state index contributed by atoms with van der Waals surface area (Å²) in [7, 11) is 0. The summed E-state index contributed by atoms with van der Waals surface area (Å²) in [6.07, 6.45) is 0.466. The SMILES string of the molecule is CC1(C(=O)O)CCN(C(=O)c2csc(N)n2)C1. The van der Waals surface area contributed by atoms with Crippen LogP contribution in [0.15, 0.2) is 5.38 Å². The smallest absolute Gasteiger partial charge is 0.311 e. The zero-order chi connectivity index (χ0) is 12.6. The lowest BCUT2D eigenvalue weighted by atomic mass is 9.90. The molecule has 2 rings (SSSR count). The third-order valence-electron chi connectivity index (χ3n) is 3.02. The van der Waals surface area contributed by atoms with E-state index < -0.39 is 11.4 Å². The molecule has 1 aromatic heterocycles. The zero-order valence-corrected chi connectivity index (χ0v) is 10.2. The number of amides is 1. The molecule has 1 amide bonds. The number of hydrogen-bond donors (Lipinski definition) is 2. The van der Waals surface area contributed by atoms with Crippen LogP contribution >= 0.6 is 11.3 Å². The zero-order valence-electron chi connectivity index (χ0n) is 9.34. The summed E-state index contributed by atoms with van der Waals surface area (Å²) in [6.45, 7) is 2.32. The number of hydrogen-bond acceptors (Lipinski definition) is 5. The standard InChI is InChI=1S/C10H13N3O3S/c1-10(8(15)16)2-3-13(5-10)7(14)6-4-17-9(11)12-6/h4H,2-3,5H2,1H3,(H2,11,12)(H,15,16). The molecular formula is C10H13N3O3S. The first kappa shape index (κ1) is 11.8. The van der Waals surface area contributed by atoms with Crippen molar-refractivity contribution in [3.8, 4) is 0 Å². The minimum Gasteiger partial charge on any atom is -0.481 e. The van der Waals surface area contributed by atoms with Gasteiger partial charge in [0.2, 0.25) is 0 Å². The van der Waals surface area contributed by atoms with Crippen molar-refractivity contribution in [2.24, 2.45) is 5.41 Å². The Balaban J connectivity index is 2.11. The third-order valence-corrected chi connectivity index (χ3v) is 3.69. The third kappa shape index (κ3) is 2.10. The number of rotatable bonds is 2. The Kier molecular flexibility index (Phi) is 2.78. The molecule has 1 unspecified atom stereocenters. The second-order valence-electron chi connectivity index (χ2n) is 4.41. The van der Waals surface area contributed by atoms with Crippen LogP contribution in [0.2, 0.25) is 0 Å². The quantitative estimate of drug-likeness (QED) is 0.809. The highest BCUT2D eigenvalue weighted by molar-refractivity contribution is 7.13. The molecule has 1 atom stereocenters. The predicted molar refractivity (Wildman–Crippen MR) is 62.8 cm³/mol. The van der Waals surface area contributed by atoms with E-state index in [1.807, 2.05) is 0 Å². The highest BCUT2D eigenvalue weighted by Gasteiger charge is 2.42. The number of likely N-dealkylation sites (tertiary alicyclic amines) is 1. The summed E-state index contributed by atoms with van der Waals surface area (Å²) in [5, 5.41) is 11.0. The fourth-order valence-corrected chi connectivity index (χ4v) is 2.39. The number of aromatic nitrogens is 1. The van der Waals surface area contributed by atoms with E-state index in [2.05, 4.69) is 4.98 Å². The lowest BCUT2D eigenvalue weighted by Gasteiger charge is -2.19. The molecule has 0 spiro atoms. The number of carboxylic acid groups (broad SMARTS) is 1. The maximum Gasteiger partial charge on any atom is 0.311 e. The molecule has 1 fully saturated rings. The molecule has 1 saturated heterocycles. The van der Waals surface area contributed by atoms with Gasteiger partial charge in [-0.2, -0.15) is 0 Å². The second kappa shape index (κ2) is 3.99. The molecule has 1 aliphatic rings. The molecule has 7 heteroatoms. The van der Waals surface area contributed by atoms with E-state index in [4.69, 9.17) is 10.8 Å². The van der Waals surface area contributed by atoms with Crippen molar-refractivity contribution in [2.45, 2.75) is 13.3 Å². The van der Waals surface area contributed by atoms with Gasteiger partial charge in [-0.1, -0.05) is 0 Å². The van der Waals surface area contributed by atoms with Crippen LogP contribution in [-0.4, -0.2) is 40.0 Å². The van der Waals surface area contributed by atoms with Crippen molar-refractivity contribution < 1.29 is 14.7 Å². The van der Waals surface area contributed by atoms with Gasteiger partial charge in [0.15, 0.2) is 5.13 Å². The molecule has 3 N–H and O–H groups in total. The van der Waals surface area contributed by atoms with E-state index in [0.717, 1.165) is 0 Å². The fraction of sp³-hybridized carbons (Fsp3) is 0.500. The van der Waals surface area contributed by atoms with Crippen LogP contribution in [0, 0.1) is 5.41 Å². The van der Waals surface area contributed by atoms with Crippen LogP contribution < -0.4 is 5.73 Å². The van der Waals surface area contributed by atoms with Gasteiger partial charge in [-0.3, -0.25) is 9.59 Å². The van der Waals surface area contributed by atoms with Gasteiger partial charge >= 0.3 is 5.97 Å². The molecule has 2 heterocycles. The molecule has 0 radical (unpaired) electrons. The largest absolute Gasteiger partial charge is 0.481 e. The Hall–Kier alpha value is -1.63.